The van der Waals surface area contributed by atoms with Crippen LogP contribution in [0.15, 0.2) is 0 Å². The molecule has 0 bridgehead atoms. The molecule has 0 aromatic rings. The highest BCUT2D eigenvalue weighted by Crippen LogP contribution is 2.46. The van der Waals surface area contributed by atoms with Crippen molar-refractivity contribution in [1.82, 2.24) is 4.90 Å². The number of carbonyl (C=O) groups excluding carboxylic acids is 2. The predicted molar refractivity (Wildman–Crippen MR) is 52.5 cm³/mol. The van der Waals surface area contributed by atoms with Gasteiger partial charge >= 0.3 is 0 Å². The topological polar surface area (TPSA) is 37.4 Å². The summed E-state index contributed by atoms with van der Waals surface area (Å²) in [5.74, 6) is 0.0938. The first kappa shape index (κ1) is 9.69. The van der Waals surface area contributed by atoms with Crippen LogP contribution in [0.25, 0.3) is 0 Å². The smallest absolute Gasteiger partial charge is 0.229 e. The van der Waals surface area contributed by atoms with Crippen LogP contribution in [0.5, 0.6) is 0 Å². The van der Waals surface area contributed by atoms with E-state index in [2.05, 4.69) is 0 Å². The lowest BCUT2D eigenvalue weighted by atomic mass is 9.76. The van der Waals surface area contributed by atoms with E-state index < -0.39 is 0 Å². The Labute approximate surface area is 84.5 Å². The summed E-state index contributed by atoms with van der Waals surface area (Å²) in [6.07, 6.45) is 5.72. The first-order valence-electron chi connectivity index (χ1n) is 5.50. The minimum Gasteiger partial charge on any atom is -0.283 e. The van der Waals surface area contributed by atoms with Gasteiger partial charge in [0.1, 0.15) is 0 Å². The number of hydrogen-bond acceptors (Lipinski definition) is 2. The van der Waals surface area contributed by atoms with E-state index in [1.54, 1.807) is 0 Å². The summed E-state index contributed by atoms with van der Waals surface area (Å²) in [6, 6.07) is 0. The lowest BCUT2D eigenvalue weighted by Crippen LogP contribution is -2.46. The minimum absolute atomic E-state index is 0.0469. The Kier molecular flexibility index (Phi) is 2.33. The van der Waals surface area contributed by atoms with Gasteiger partial charge in [-0.2, -0.15) is 0 Å². The van der Waals surface area contributed by atoms with Crippen molar-refractivity contribution in [3.8, 4) is 0 Å². The standard InChI is InChI=1S/C11H17NO2/c1-2-12-9(13)7-11(8-10(12)14)5-3-4-6-11/h2-8H2,1H3. The van der Waals surface area contributed by atoms with E-state index in [-0.39, 0.29) is 17.2 Å². The van der Waals surface area contributed by atoms with Gasteiger partial charge in [0.25, 0.3) is 0 Å². The molecule has 0 aromatic carbocycles. The molecule has 2 amide bonds. The highest BCUT2D eigenvalue weighted by atomic mass is 16.2. The van der Waals surface area contributed by atoms with Crippen molar-refractivity contribution in [1.29, 1.82) is 0 Å². The van der Waals surface area contributed by atoms with Crippen LogP contribution in [-0.2, 0) is 9.59 Å². The predicted octanol–water partition coefficient (Wildman–Crippen LogP) is 1.72. The Morgan fingerprint density at radius 1 is 1.14 bits per heavy atom. The van der Waals surface area contributed by atoms with Gasteiger partial charge in [0.05, 0.1) is 0 Å². The summed E-state index contributed by atoms with van der Waals surface area (Å²) < 4.78 is 0. The maximum atomic E-state index is 11.7. The summed E-state index contributed by atoms with van der Waals surface area (Å²) in [4.78, 5) is 24.8. The molecule has 0 radical (unpaired) electrons. The molecule has 0 unspecified atom stereocenters. The largest absolute Gasteiger partial charge is 0.283 e. The van der Waals surface area contributed by atoms with Crippen LogP contribution in [0.2, 0.25) is 0 Å². The molecule has 0 atom stereocenters. The Bertz CT molecular complexity index is 246. The maximum absolute atomic E-state index is 11.7. The van der Waals surface area contributed by atoms with E-state index in [1.807, 2.05) is 6.92 Å². The average Bonchev–Trinajstić information content (AvgIpc) is 2.52. The van der Waals surface area contributed by atoms with Gasteiger partial charge in [0.2, 0.25) is 11.8 Å². The van der Waals surface area contributed by atoms with Crippen molar-refractivity contribution in [2.24, 2.45) is 5.41 Å². The number of amides is 2. The molecule has 1 spiro atoms. The fraction of sp³-hybridized carbons (Fsp3) is 0.818. The third kappa shape index (κ3) is 1.45. The quantitative estimate of drug-likeness (QED) is 0.597. The van der Waals surface area contributed by atoms with Crippen LogP contribution in [-0.4, -0.2) is 23.3 Å². The third-order valence-electron chi connectivity index (χ3n) is 3.63. The lowest BCUT2D eigenvalue weighted by Gasteiger charge is -2.36. The number of nitrogens with zero attached hydrogens (tertiary/aromatic N) is 1. The first-order valence-corrected chi connectivity index (χ1v) is 5.50. The molecule has 1 saturated heterocycles. The molecule has 1 aliphatic heterocycles. The van der Waals surface area contributed by atoms with Gasteiger partial charge in [0.15, 0.2) is 0 Å². The summed E-state index contributed by atoms with van der Waals surface area (Å²) in [5, 5.41) is 0. The normalized spacial score (nSPS) is 26.2. The van der Waals surface area contributed by atoms with Crippen LogP contribution < -0.4 is 0 Å². The number of rotatable bonds is 1. The fourth-order valence-electron chi connectivity index (χ4n) is 2.87. The molecule has 2 fully saturated rings. The monoisotopic (exact) mass is 195 g/mol. The van der Waals surface area contributed by atoms with E-state index in [0.29, 0.717) is 19.4 Å². The van der Waals surface area contributed by atoms with Gasteiger partial charge in [-0.1, -0.05) is 12.8 Å². The molecule has 1 saturated carbocycles. The SMILES string of the molecule is CCN1C(=O)CC2(CCCC2)CC1=O. The third-order valence-corrected chi connectivity index (χ3v) is 3.63. The Morgan fingerprint density at radius 3 is 2.07 bits per heavy atom. The van der Waals surface area contributed by atoms with E-state index in [9.17, 15) is 9.59 Å². The summed E-state index contributed by atoms with van der Waals surface area (Å²) in [7, 11) is 0. The second-order valence-corrected chi connectivity index (χ2v) is 4.59. The van der Waals surface area contributed by atoms with Crippen molar-refractivity contribution in [2.75, 3.05) is 6.54 Å². The Morgan fingerprint density at radius 2 is 1.64 bits per heavy atom. The molecule has 0 N–H and O–H groups in total. The highest BCUT2D eigenvalue weighted by Gasteiger charge is 2.44. The average molecular weight is 195 g/mol. The molecule has 3 heteroatoms. The molecule has 1 heterocycles. The van der Waals surface area contributed by atoms with Crippen LogP contribution in [0.1, 0.15) is 45.4 Å². The molecule has 1 aliphatic carbocycles. The maximum Gasteiger partial charge on any atom is 0.229 e. The zero-order valence-corrected chi connectivity index (χ0v) is 8.71. The van der Waals surface area contributed by atoms with E-state index in [1.165, 1.54) is 17.7 Å². The number of hydrogen-bond donors (Lipinski definition) is 0. The minimum atomic E-state index is 0.0469. The Hall–Kier alpha value is -0.860. The van der Waals surface area contributed by atoms with Gasteiger partial charge in [0, 0.05) is 19.4 Å². The second kappa shape index (κ2) is 3.37. The Balaban J connectivity index is 2.14. The molecule has 3 nitrogen and oxygen atoms in total. The summed E-state index contributed by atoms with van der Waals surface area (Å²) in [6.45, 7) is 2.40. The second-order valence-electron chi connectivity index (χ2n) is 4.59. The number of imide groups is 1. The van der Waals surface area contributed by atoms with Crippen molar-refractivity contribution in [3.05, 3.63) is 0 Å². The van der Waals surface area contributed by atoms with Crippen molar-refractivity contribution >= 4 is 11.8 Å². The van der Waals surface area contributed by atoms with Crippen molar-refractivity contribution < 1.29 is 9.59 Å². The number of piperidine rings is 1. The van der Waals surface area contributed by atoms with Crippen molar-refractivity contribution in [2.45, 2.75) is 45.4 Å². The van der Waals surface area contributed by atoms with Crippen LogP contribution in [0, 0.1) is 5.41 Å². The summed E-state index contributed by atoms with van der Waals surface area (Å²) >= 11 is 0. The number of likely N-dealkylation sites (tertiary alicyclic amines) is 1. The van der Waals surface area contributed by atoms with Gasteiger partial charge in [-0.15, -0.1) is 0 Å². The van der Waals surface area contributed by atoms with E-state index in [4.69, 9.17) is 0 Å². The molecule has 0 aromatic heterocycles. The first-order chi connectivity index (χ1) is 6.67. The van der Waals surface area contributed by atoms with Crippen LogP contribution in [0.4, 0.5) is 0 Å². The van der Waals surface area contributed by atoms with Gasteiger partial charge in [-0.25, -0.2) is 0 Å². The zero-order chi connectivity index (χ0) is 10.2. The molecule has 78 valence electrons. The van der Waals surface area contributed by atoms with Crippen molar-refractivity contribution in [3.63, 3.8) is 0 Å². The van der Waals surface area contributed by atoms with Crippen LogP contribution >= 0.6 is 0 Å². The summed E-state index contributed by atoms with van der Waals surface area (Å²) in [5.41, 5.74) is 0.0554. The molecular formula is C11H17NO2. The van der Waals surface area contributed by atoms with Crippen LogP contribution in [0.3, 0.4) is 0 Å². The van der Waals surface area contributed by atoms with E-state index >= 15 is 0 Å². The van der Waals surface area contributed by atoms with Gasteiger partial charge < -0.3 is 0 Å². The van der Waals surface area contributed by atoms with E-state index in [0.717, 1.165) is 12.8 Å². The highest BCUT2D eigenvalue weighted by molar-refractivity contribution is 5.98. The fourth-order valence-corrected chi connectivity index (χ4v) is 2.87. The number of carbonyl (C=O) groups is 2. The van der Waals surface area contributed by atoms with Gasteiger partial charge in [-0.05, 0) is 25.2 Å². The molecule has 2 rings (SSSR count). The molecular weight excluding hydrogens is 178 g/mol. The zero-order valence-electron chi connectivity index (χ0n) is 8.71. The molecule has 2 aliphatic rings. The van der Waals surface area contributed by atoms with Gasteiger partial charge in [-0.3, -0.25) is 14.5 Å². The molecule has 14 heavy (non-hydrogen) atoms. The lowest BCUT2D eigenvalue weighted by molar-refractivity contribution is -0.153.